The van der Waals surface area contributed by atoms with E-state index in [1.165, 1.54) is 6.20 Å². The molecule has 0 N–H and O–H groups in total. The monoisotopic (exact) mass is 267 g/mol. The van der Waals surface area contributed by atoms with Crippen molar-refractivity contribution in [2.45, 2.75) is 25.9 Å². The Hall–Kier alpha value is -1.98. The van der Waals surface area contributed by atoms with Gasteiger partial charge in [0.25, 0.3) is 0 Å². The normalized spacial score (nSPS) is 11.8. The van der Waals surface area contributed by atoms with Crippen LogP contribution in [0.1, 0.15) is 24.2 Å². The van der Waals surface area contributed by atoms with Crippen molar-refractivity contribution in [2.24, 2.45) is 0 Å². The van der Waals surface area contributed by atoms with E-state index in [1.807, 2.05) is 0 Å². The fraction of sp³-hybridized carbons (Fsp3) is 0.308. The van der Waals surface area contributed by atoms with E-state index in [4.69, 9.17) is 0 Å². The number of rotatable bonds is 3. The van der Waals surface area contributed by atoms with Crippen LogP contribution >= 0.6 is 0 Å². The van der Waals surface area contributed by atoms with Gasteiger partial charge in [-0.3, -0.25) is 9.97 Å². The van der Waals surface area contributed by atoms with Gasteiger partial charge in [0, 0.05) is 18.8 Å². The third kappa shape index (κ3) is 3.27. The van der Waals surface area contributed by atoms with E-state index in [9.17, 15) is 13.2 Å². The van der Waals surface area contributed by atoms with Crippen LogP contribution in [0.3, 0.4) is 0 Å². The zero-order chi connectivity index (χ0) is 14.0. The minimum Gasteiger partial charge on any atom is -0.254 e. The quantitative estimate of drug-likeness (QED) is 0.851. The van der Waals surface area contributed by atoms with Crippen LogP contribution in [0.2, 0.25) is 0 Å². The number of aromatic nitrogens is 3. The van der Waals surface area contributed by atoms with Gasteiger partial charge in [0.05, 0.1) is 16.9 Å². The molecule has 0 aliphatic heterocycles. The molecule has 2 aromatic rings. The molecule has 0 bridgehead atoms. The molecule has 0 fully saturated rings. The summed E-state index contributed by atoms with van der Waals surface area (Å²) in [5.41, 5.74) is 2.54. The van der Waals surface area contributed by atoms with Crippen molar-refractivity contribution >= 4 is 16.6 Å². The number of alkyl halides is 3. The van der Waals surface area contributed by atoms with Gasteiger partial charge in [-0.25, -0.2) is 4.98 Å². The number of nitrogens with zero attached hydrogens (tertiary/aromatic N) is 3. The predicted molar refractivity (Wildman–Crippen MR) is 66.4 cm³/mol. The molecule has 0 aliphatic carbocycles. The molecule has 3 nitrogen and oxygen atoms in total. The van der Waals surface area contributed by atoms with Gasteiger partial charge in [0.15, 0.2) is 0 Å². The first kappa shape index (κ1) is 13.5. The molecule has 2 heterocycles. The minimum absolute atomic E-state index is 0.189. The average Bonchev–Trinajstić information content (AvgIpc) is 2.34. The summed E-state index contributed by atoms with van der Waals surface area (Å²) in [5.74, 6) is 0. The highest BCUT2D eigenvalue weighted by Crippen LogP contribution is 2.28. The van der Waals surface area contributed by atoms with Crippen molar-refractivity contribution in [2.75, 3.05) is 0 Å². The van der Waals surface area contributed by atoms with Crippen molar-refractivity contribution in [3.8, 4) is 0 Å². The van der Waals surface area contributed by atoms with Crippen molar-refractivity contribution < 1.29 is 13.2 Å². The number of hydrogen-bond acceptors (Lipinski definition) is 3. The van der Waals surface area contributed by atoms with Gasteiger partial charge in [-0.15, -0.1) is 0 Å². The molecule has 2 aromatic heterocycles. The Balaban J connectivity index is 2.32. The highest BCUT2D eigenvalue weighted by atomic mass is 19.4. The third-order valence-electron chi connectivity index (χ3n) is 2.63. The molecule has 0 saturated heterocycles. The van der Waals surface area contributed by atoms with Crippen molar-refractivity contribution in [1.29, 1.82) is 0 Å². The van der Waals surface area contributed by atoms with E-state index in [-0.39, 0.29) is 6.42 Å². The van der Waals surface area contributed by atoms with Gasteiger partial charge in [-0.2, -0.15) is 13.2 Å². The van der Waals surface area contributed by atoms with Crippen LogP contribution in [0.4, 0.5) is 13.2 Å². The maximum atomic E-state index is 12.2. The van der Waals surface area contributed by atoms with Crippen molar-refractivity contribution in [3.63, 3.8) is 0 Å². The van der Waals surface area contributed by atoms with E-state index < -0.39 is 12.6 Å². The lowest BCUT2D eigenvalue weighted by Crippen LogP contribution is -2.07. The van der Waals surface area contributed by atoms with E-state index in [2.05, 4.69) is 21.5 Å². The fourth-order valence-electron chi connectivity index (χ4n) is 1.71. The number of pyridine rings is 1. The smallest absolute Gasteiger partial charge is 0.254 e. The number of hydrogen-bond donors (Lipinski definition) is 0. The summed E-state index contributed by atoms with van der Waals surface area (Å²) in [6.45, 7) is 5.47. The Bertz CT molecular complexity index is 620. The second-order valence-corrected chi connectivity index (χ2v) is 4.26. The second kappa shape index (κ2) is 4.95. The van der Waals surface area contributed by atoms with Crippen LogP contribution in [0, 0.1) is 6.92 Å². The topological polar surface area (TPSA) is 38.7 Å². The summed E-state index contributed by atoms with van der Waals surface area (Å²) in [6.07, 6.45) is -2.24. The zero-order valence-electron chi connectivity index (χ0n) is 10.3. The zero-order valence-corrected chi connectivity index (χ0v) is 10.3. The number of allylic oxidation sites excluding steroid dienone is 1. The van der Waals surface area contributed by atoms with Gasteiger partial charge >= 0.3 is 6.18 Å². The summed E-state index contributed by atoms with van der Waals surface area (Å²) >= 11 is 0. The van der Waals surface area contributed by atoms with Crippen LogP contribution < -0.4 is 0 Å². The lowest BCUT2D eigenvalue weighted by Gasteiger charge is -2.09. The third-order valence-corrected chi connectivity index (χ3v) is 2.63. The van der Waals surface area contributed by atoms with Gasteiger partial charge in [0.1, 0.15) is 5.52 Å². The molecule has 2 rings (SSSR count). The maximum Gasteiger partial charge on any atom is 0.389 e. The Morgan fingerprint density at radius 3 is 2.74 bits per heavy atom. The Morgan fingerprint density at radius 2 is 2.05 bits per heavy atom. The molecule has 0 spiro atoms. The van der Waals surface area contributed by atoms with Crippen LogP contribution in [0.25, 0.3) is 16.6 Å². The molecule has 100 valence electrons. The van der Waals surface area contributed by atoms with Gasteiger partial charge in [0.2, 0.25) is 0 Å². The second-order valence-electron chi connectivity index (χ2n) is 4.26. The summed E-state index contributed by atoms with van der Waals surface area (Å²) in [4.78, 5) is 12.5. The van der Waals surface area contributed by atoms with Crippen LogP contribution in [0.15, 0.2) is 25.0 Å². The lowest BCUT2D eigenvalue weighted by molar-refractivity contribution is -0.133. The highest BCUT2D eigenvalue weighted by Gasteiger charge is 2.27. The fourth-order valence-corrected chi connectivity index (χ4v) is 1.71. The first-order valence-electron chi connectivity index (χ1n) is 5.70. The molecule has 0 saturated carbocycles. The summed E-state index contributed by atoms with van der Waals surface area (Å²) in [6, 6.07) is 1.68. The Labute approximate surface area is 108 Å². The van der Waals surface area contributed by atoms with E-state index in [0.717, 1.165) is 5.69 Å². The van der Waals surface area contributed by atoms with Crippen LogP contribution in [0.5, 0.6) is 0 Å². The predicted octanol–water partition coefficient (Wildman–Crippen LogP) is 3.69. The first-order chi connectivity index (χ1) is 8.87. The Kier molecular flexibility index (Phi) is 3.50. The van der Waals surface area contributed by atoms with Crippen molar-refractivity contribution in [3.05, 3.63) is 36.4 Å². The van der Waals surface area contributed by atoms with Gasteiger partial charge in [-0.05, 0) is 25.0 Å². The molecule has 0 aliphatic rings. The van der Waals surface area contributed by atoms with Gasteiger partial charge in [-0.1, -0.05) is 6.58 Å². The first-order valence-corrected chi connectivity index (χ1v) is 5.70. The average molecular weight is 267 g/mol. The molecule has 0 aromatic carbocycles. The van der Waals surface area contributed by atoms with Crippen molar-refractivity contribution in [1.82, 2.24) is 15.0 Å². The Morgan fingerprint density at radius 1 is 1.32 bits per heavy atom. The van der Waals surface area contributed by atoms with Crippen LogP contribution in [-0.2, 0) is 0 Å². The number of fused-ring (bicyclic) bond motifs is 1. The molecular weight excluding hydrogens is 255 g/mol. The van der Waals surface area contributed by atoms with Gasteiger partial charge < -0.3 is 0 Å². The minimum atomic E-state index is -4.20. The molecule has 0 unspecified atom stereocenters. The molecule has 0 atom stereocenters. The van der Waals surface area contributed by atoms with E-state index >= 15 is 0 Å². The van der Waals surface area contributed by atoms with E-state index in [0.29, 0.717) is 22.3 Å². The summed E-state index contributed by atoms with van der Waals surface area (Å²) in [5, 5.41) is 0. The largest absolute Gasteiger partial charge is 0.389 e. The lowest BCUT2D eigenvalue weighted by atomic mass is 10.1. The molecule has 0 radical (unpaired) electrons. The SMILES string of the molecule is C=C(CCC(F)(F)F)c1nccc2nc(C)cnc12. The maximum absolute atomic E-state index is 12.2. The number of aryl methyl sites for hydroxylation is 1. The number of halogens is 3. The summed E-state index contributed by atoms with van der Waals surface area (Å²) < 4.78 is 36.6. The standard InChI is InChI=1S/C13H12F3N3/c1-8(3-5-13(14,15)16)11-12-10(4-6-17-11)19-9(2)7-18-12/h4,6-7H,1,3,5H2,2H3. The molecule has 0 amide bonds. The molecule has 6 heteroatoms. The molecular formula is C13H12F3N3. The summed E-state index contributed by atoms with van der Waals surface area (Å²) in [7, 11) is 0. The van der Waals surface area contributed by atoms with E-state index in [1.54, 1.807) is 19.2 Å². The van der Waals surface area contributed by atoms with Crippen LogP contribution in [-0.4, -0.2) is 21.1 Å². The molecule has 19 heavy (non-hydrogen) atoms. The highest BCUT2D eigenvalue weighted by molar-refractivity contribution is 5.85.